The van der Waals surface area contributed by atoms with Crippen molar-refractivity contribution in [2.75, 3.05) is 6.54 Å². The van der Waals surface area contributed by atoms with E-state index in [0.717, 1.165) is 15.6 Å². The van der Waals surface area contributed by atoms with Gasteiger partial charge in [0.2, 0.25) is 6.10 Å². The summed E-state index contributed by atoms with van der Waals surface area (Å²) in [6.07, 6.45) is -0.353. The summed E-state index contributed by atoms with van der Waals surface area (Å²) in [4.78, 5) is 28.9. The van der Waals surface area contributed by atoms with E-state index >= 15 is 0 Å². The third-order valence-electron chi connectivity index (χ3n) is 2.59. The summed E-state index contributed by atoms with van der Waals surface area (Å²) in [6.45, 7) is 1.99. The largest absolute Gasteiger partial charge is 0.382 e. The van der Waals surface area contributed by atoms with Crippen molar-refractivity contribution in [1.29, 1.82) is 0 Å². The number of hydrogen-bond donors (Lipinski definition) is 2. The molecule has 1 aliphatic rings. The van der Waals surface area contributed by atoms with Gasteiger partial charge >= 0.3 is 6.03 Å². The molecule has 3 amide bonds. The van der Waals surface area contributed by atoms with Gasteiger partial charge in [-0.1, -0.05) is 11.2 Å². The molecule has 7 nitrogen and oxygen atoms in total. The van der Waals surface area contributed by atoms with E-state index in [0.29, 0.717) is 6.42 Å². The van der Waals surface area contributed by atoms with E-state index < -0.39 is 18.0 Å². The van der Waals surface area contributed by atoms with Crippen molar-refractivity contribution < 1.29 is 14.4 Å². The number of amides is 3. The molecule has 2 rings (SSSR count). The van der Waals surface area contributed by atoms with E-state index in [1.165, 1.54) is 11.3 Å². The van der Waals surface area contributed by atoms with Crippen LogP contribution in [0, 0.1) is 0 Å². The molecule has 1 atom stereocenters. The summed E-state index contributed by atoms with van der Waals surface area (Å²) in [5.41, 5.74) is 8.24. The molecule has 0 saturated heterocycles. The first-order valence-corrected chi connectivity index (χ1v) is 6.63. The molecule has 0 saturated carbocycles. The lowest BCUT2D eigenvalue weighted by Crippen LogP contribution is -2.51. The zero-order valence-corrected chi connectivity index (χ0v) is 11.1. The number of oxime groups is 1. The standard InChI is InChI=1S/C11H14N4O3S/c1-2-15(11(12)17)13-10(16)8-6-7(14-18-8)9-4-3-5-19-9/h3-5,8H,2,6H2,1H3,(H2,12,17)(H,13,16). The van der Waals surface area contributed by atoms with Gasteiger partial charge < -0.3 is 10.6 Å². The van der Waals surface area contributed by atoms with Crippen LogP contribution < -0.4 is 11.2 Å². The highest BCUT2D eigenvalue weighted by molar-refractivity contribution is 7.12. The maximum atomic E-state index is 11.9. The first-order valence-electron chi connectivity index (χ1n) is 5.75. The van der Waals surface area contributed by atoms with Gasteiger partial charge in [-0.25, -0.2) is 9.80 Å². The van der Waals surface area contributed by atoms with Gasteiger partial charge in [-0.05, 0) is 18.4 Å². The minimum Gasteiger partial charge on any atom is -0.382 e. The molecule has 8 heteroatoms. The number of carbonyl (C=O) groups excluding carboxylic acids is 2. The van der Waals surface area contributed by atoms with Crippen LogP contribution >= 0.6 is 11.3 Å². The summed E-state index contributed by atoms with van der Waals surface area (Å²) in [7, 11) is 0. The Labute approximate surface area is 114 Å². The molecular formula is C11H14N4O3S. The number of nitrogens with zero attached hydrogens (tertiary/aromatic N) is 2. The molecule has 0 bridgehead atoms. The van der Waals surface area contributed by atoms with Crippen LogP contribution in [0.3, 0.4) is 0 Å². The lowest BCUT2D eigenvalue weighted by atomic mass is 10.1. The Morgan fingerprint density at radius 2 is 2.47 bits per heavy atom. The second kappa shape index (κ2) is 5.70. The average Bonchev–Trinajstić information content (AvgIpc) is 3.04. The van der Waals surface area contributed by atoms with Crippen molar-refractivity contribution in [3.8, 4) is 0 Å². The lowest BCUT2D eigenvalue weighted by Gasteiger charge is -2.20. The molecule has 3 N–H and O–H groups in total. The molecule has 19 heavy (non-hydrogen) atoms. The van der Waals surface area contributed by atoms with Crippen molar-refractivity contribution in [3.63, 3.8) is 0 Å². The molecule has 0 spiro atoms. The number of primary amides is 1. The van der Waals surface area contributed by atoms with Crippen LogP contribution in [0.5, 0.6) is 0 Å². The SMILES string of the molecule is CCN(NC(=O)C1CC(c2cccs2)=NO1)C(N)=O. The molecular weight excluding hydrogens is 268 g/mol. The fourth-order valence-corrected chi connectivity index (χ4v) is 2.32. The average molecular weight is 282 g/mol. The Kier molecular flexibility index (Phi) is 4.00. The summed E-state index contributed by atoms with van der Waals surface area (Å²) in [5, 5.41) is 6.84. The summed E-state index contributed by atoms with van der Waals surface area (Å²) >= 11 is 1.53. The highest BCUT2D eigenvalue weighted by Gasteiger charge is 2.30. The van der Waals surface area contributed by atoms with Crippen LogP contribution in [-0.2, 0) is 9.63 Å². The Morgan fingerprint density at radius 3 is 3.05 bits per heavy atom. The molecule has 1 aromatic heterocycles. The van der Waals surface area contributed by atoms with Crippen LogP contribution in [0.2, 0.25) is 0 Å². The first-order chi connectivity index (χ1) is 9.11. The van der Waals surface area contributed by atoms with Gasteiger partial charge in [-0.15, -0.1) is 11.3 Å². The first kappa shape index (κ1) is 13.3. The summed E-state index contributed by atoms with van der Waals surface area (Å²) < 4.78 is 0. The topological polar surface area (TPSA) is 97.0 Å². The van der Waals surface area contributed by atoms with Gasteiger partial charge in [-0.2, -0.15) is 0 Å². The van der Waals surface area contributed by atoms with E-state index in [-0.39, 0.29) is 6.54 Å². The lowest BCUT2D eigenvalue weighted by molar-refractivity contribution is -0.135. The number of hydrogen-bond acceptors (Lipinski definition) is 5. The summed E-state index contributed by atoms with van der Waals surface area (Å²) in [6, 6.07) is 3.10. The van der Waals surface area contributed by atoms with Crippen molar-refractivity contribution in [2.24, 2.45) is 10.9 Å². The molecule has 102 valence electrons. The molecule has 0 radical (unpaired) electrons. The number of nitrogens with one attached hydrogen (secondary N) is 1. The highest BCUT2D eigenvalue weighted by atomic mass is 32.1. The Bertz CT molecular complexity index is 500. The fraction of sp³-hybridized carbons (Fsp3) is 0.364. The minimum absolute atomic E-state index is 0.284. The van der Waals surface area contributed by atoms with Crippen LogP contribution in [-0.4, -0.2) is 35.3 Å². The fourth-order valence-electron chi connectivity index (χ4n) is 1.60. The number of urea groups is 1. The maximum Gasteiger partial charge on any atom is 0.333 e. The minimum atomic E-state index is -0.731. The van der Waals surface area contributed by atoms with Gasteiger partial charge in [0.05, 0.1) is 4.88 Å². The molecule has 1 aliphatic heterocycles. The number of thiophene rings is 1. The Balaban J connectivity index is 1.92. The maximum absolute atomic E-state index is 11.9. The zero-order chi connectivity index (χ0) is 13.8. The van der Waals surface area contributed by atoms with Crippen molar-refractivity contribution >= 4 is 29.0 Å². The molecule has 0 aliphatic carbocycles. The van der Waals surface area contributed by atoms with Gasteiger partial charge in [-0.3, -0.25) is 10.2 Å². The predicted molar refractivity (Wildman–Crippen MR) is 70.5 cm³/mol. The van der Waals surface area contributed by atoms with Crippen molar-refractivity contribution in [3.05, 3.63) is 22.4 Å². The second-order valence-electron chi connectivity index (χ2n) is 3.87. The van der Waals surface area contributed by atoms with E-state index in [9.17, 15) is 9.59 Å². The number of nitrogens with two attached hydrogens (primary N) is 1. The predicted octanol–water partition coefficient (Wildman–Crippen LogP) is 0.673. The molecule has 1 aromatic rings. The van der Waals surface area contributed by atoms with E-state index in [1.54, 1.807) is 6.92 Å². The van der Waals surface area contributed by atoms with E-state index in [4.69, 9.17) is 10.6 Å². The molecule has 0 aromatic carbocycles. The smallest absolute Gasteiger partial charge is 0.333 e. The van der Waals surface area contributed by atoms with Gasteiger partial charge in [0.25, 0.3) is 5.91 Å². The zero-order valence-electron chi connectivity index (χ0n) is 10.3. The normalized spacial score (nSPS) is 17.5. The summed E-state index contributed by atoms with van der Waals surface area (Å²) in [5.74, 6) is -0.434. The number of carbonyl (C=O) groups is 2. The number of rotatable bonds is 3. The number of hydrazine groups is 1. The van der Waals surface area contributed by atoms with Crippen molar-refractivity contribution in [1.82, 2.24) is 10.4 Å². The van der Waals surface area contributed by atoms with Gasteiger partial charge in [0, 0.05) is 13.0 Å². The van der Waals surface area contributed by atoms with Crippen LogP contribution in [0.25, 0.3) is 0 Å². The third-order valence-corrected chi connectivity index (χ3v) is 3.51. The monoisotopic (exact) mass is 282 g/mol. The third kappa shape index (κ3) is 3.02. The van der Waals surface area contributed by atoms with Gasteiger partial charge in [0.1, 0.15) is 5.71 Å². The van der Waals surface area contributed by atoms with Gasteiger partial charge in [0.15, 0.2) is 0 Å². The second-order valence-corrected chi connectivity index (χ2v) is 4.82. The Hall–Kier alpha value is -2.09. The molecule has 0 fully saturated rings. The Morgan fingerprint density at radius 1 is 1.68 bits per heavy atom. The molecule has 1 unspecified atom stereocenters. The molecule has 2 heterocycles. The van der Waals surface area contributed by atoms with E-state index in [1.807, 2.05) is 17.5 Å². The van der Waals surface area contributed by atoms with Crippen LogP contribution in [0.15, 0.2) is 22.7 Å². The highest BCUT2D eigenvalue weighted by Crippen LogP contribution is 2.20. The van der Waals surface area contributed by atoms with Crippen LogP contribution in [0.1, 0.15) is 18.2 Å². The quantitative estimate of drug-likeness (QED) is 0.797. The van der Waals surface area contributed by atoms with Crippen LogP contribution in [0.4, 0.5) is 4.79 Å². The van der Waals surface area contributed by atoms with E-state index in [2.05, 4.69) is 10.6 Å². The van der Waals surface area contributed by atoms with Crippen molar-refractivity contribution in [2.45, 2.75) is 19.4 Å².